The van der Waals surface area contributed by atoms with E-state index in [4.69, 9.17) is 0 Å². The Hall–Kier alpha value is -1.21. The molecule has 0 saturated heterocycles. The van der Waals surface area contributed by atoms with Crippen LogP contribution in [0.25, 0.3) is 0 Å². The summed E-state index contributed by atoms with van der Waals surface area (Å²) in [5.41, 5.74) is 0. The molecule has 0 heterocycles. The molecule has 1 unspecified atom stereocenters. The van der Waals surface area contributed by atoms with Crippen LogP contribution in [0.1, 0.15) is 13.3 Å². The van der Waals surface area contributed by atoms with Crippen LogP contribution in [0.5, 0.6) is 0 Å². The molecular weight excluding hydrogens is 384 g/mol. The summed E-state index contributed by atoms with van der Waals surface area (Å²) in [5.74, 6) is -1.40. The number of halogens is 3. The molecule has 0 N–H and O–H groups in total. The van der Waals surface area contributed by atoms with Gasteiger partial charge in [-0.1, -0.05) is 19.3 Å². The summed E-state index contributed by atoms with van der Waals surface area (Å²) in [6.45, 7) is 4.37. The average molecular weight is 392 g/mol. The van der Waals surface area contributed by atoms with E-state index >= 15 is 0 Å². The first-order chi connectivity index (χ1) is 3.48. The van der Waals surface area contributed by atoms with Gasteiger partial charge in [-0.2, -0.15) is 13.2 Å². The Labute approximate surface area is 46.7 Å². The molecule has 0 saturated carbocycles. The van der Waals surface area contributed by atoms with E-state index in [0.717, 1.165) is 0 Å². The van der Waals surface area contributed by atoms with Gasteiger partial charge in [-0.05, 0) is 0 Å². The Morgan fingerprint density at radius 2 is 1.78 bits per heavy atom. The largest absolute Gasteiger partial charge is 0.365 e. The normalized spacial score (nSPS) is 14.3. The van der Waals surface area contributed by atoms with Gasteiger partial charge in [0.1, 0.15) is 0 Å². The van der Waals surface area contributed by atoms with Crippen molar-refractivity contribution in [2.75, 3.05) is 0 Å². The van der Waals surface area contributed by atoms with Crippen LogP contribution in [0.3, 0.4) is 0 Å². The summed E-state index contributed by atoms with van der Waals surface area (Å²) in [7, 11) is 0. The minimum absolute atomic E-state index is 0. The molecular formula is C5H8F3Rf-. The summed E-state index contributed by atoms with van der Waals surface area (Å²) in [6.07, 6.45) is -4.04. The second kappa shape index (κ2) is 2.95. The molecule has 0 aliphatic rings. The van der Waals surface area contributed by atoms with E-state index in [0.29, 0.717) is 0 Å². The minimum atomic E-state index is -4.10. The second-order valence-electron chi connectivity index (χ2n) is 1.65. The molecule has 52 valence electrons. The third kappa shape index (κ3) is 3.38. The first kappa shape index (κ1) is 10.7. The Morgan fingerprint density at radius 3 is 1.78 bits per heavy atom. The van der Waals surface area contributed by atoms with Crippen LogP contribution in [-0.4, -0.2) is 6.18 Å². The van der Waals surface area contributed by atoms with Crippen LogP contribution in [0.4, 0.5) is 13.2 Å². The van der Waals surface area contributed by atoms with E-state index in [-0.39, 0.29) is 6.42 Å². The summed E-state index contributed by atoms with van der Waals surface area (Å²) in [4.78, 5) is 0. The maximum Gasteiger partial charge on any atom is 0.365 e. The maximum absolute atomic E-state index is 11.4. The fourth-order valence-corrected chi connectivity index (χ4v) is 0.231. The molecule has 0 aromatic heterocycles. The fourth-order valence-electron chi connectivity index (χ4n) is 0.231. The molecule has 9 heavy (non-hydrogen) atoms. The molecule has 0 amide bonds. The Kier molecular flexibility index (Phi) is 3.51. The smallest absolute Gasteiger partial charge is 0.332 e. The first-order valence-corrected chi connectivity index (χ1v) is 2.38. The summed E-state index contributed by atoms with van der Waals surface area (Å²) in [6, 6.07) is 0. The minimum Gasteiger partial charge on any atom is -0.332 e. The molecule has 0 bridgehead atoms. The molecule has 0 aliphatic carbocycles. The number of hydrogen-bond donors (Lipinski definition) is 0. The van der Waals surface area contributed by atoms with Crippen LogP contribution in [0.2, 0.25) is 0 Å². The Balaban J connectivity index is 0. The van der Waals surface area contributed by atoms with Crippen molar-refractivity contribution in [2.24, 2.45) is 5.92 Å². The molecule has 1 atom stereocenters. The van der Waals surface area contributed by atoms with Gasteiger partial charge < -0.3 is 6.92 Å². The van der Waals surface area contributed by atoms with Gasteiger partial charge in [0.2, 0.25) is 0 Å². The molecule has 0 rings (SSSR count). The zero-order chi connectivity index (χ0) is 6.78. The van der Waals surface area contributed by atoms with Crippen molar-refractivity contribution >= 4 is 0 Å². The van der Waals surface area contributed by atoms with Crippen molar-refractivity contribution in [3.63, 3.8) is 0 Å². The van der Waals surface area contributed by atoms with E-state index in [9.17, 15) is 13.2 Å². The van der Waals surface area contributed by atoms with E-state index < -0.39 is 12.1 Å². The first-order valence-electron chi connectivity index (χ1n) is 2.38. The van der Waals surface area contributed by atoms with Gasteiger partial charge in [0.05, 0.1) is 0 Å². The van der Waals surface area contributed by atoms with Crippen molar-refractivity contribution < 1.29 is 13.2 Å². The molecule has 0 nitrogen and oxygen atoms in total. The van der Waals surface area contributed by atoms with Crippen LogP contribution in [0.15, 0.2) is 0 Å². The van der Waals surface area contributed by atoms with Crippen LogP contribution < -0.4 is 0 Å². The Bertz CT molecular complexity index is 69.1. The van der Waals surface area contributed by atoms with E-state index in [2.05, 4.69) is 6.92 Å². The molecule has 0 spiro atoms. The van der Waals surface area contributed by atoms with E-state index in [1.807, 2.05) is 0 Å². The van der Waals surface area contributed by atoms with Gasteiger partial charge in [-0.25, -0.2) is 0 Å². The molecule has 0 fully saturated rings. The van der Waals surface area contributed by atoms with Gasteiger partial charge in [0, 0.05) is 0 Å². The summed E-state index contributed by atoms with van der Waals surface area (Å²) < 4.78 is 34.2. The maximum atomic E-state index is 11.4. The van der Waals surface area contributed by atoms with Gasteiger partial charge >= 0.3 is 6.18 Å². The zero-order valence-electron chi connectivity index (χ0n) is 5.33. The zero-order valence-corrected chi connectivity index (χ0v) is 11.7. The predicted octanol–water partition coefficient (Wildman–Crippen LogP) is 2.41. The number of rotatable bonds is 1. The molecule has 0 radical (unpaired) electrons. The standard InChI is InChI=1S/C5H8F3.Rf/c1-3-4(2)5(6,7)8;/h4H,2-3H2,1H3;/q-1;. The van der Waals surface area contributed by atoms with Gasteiger partial charge in [-0.15, -0.1) is 0 Å². The van der Waals surface area contributed by atoms with Crippen molar-refractivity contribution in [3.8, 4) is 0 Å². The molecule has 0 aliphatic heterocycles. The van der Waals surface area contributed by atoms with Crippen LogP contribution >= 0.6 is 0 Å². The summed E-state index contributed by atoms with van der Waals surface area (Å²) >= 11 is 0. The van der Waals surface area contributed by atoms with Gasteiger partial charge in [0.15, 0.2) is 0 Å². The SMILES string of the molecule is [CH2-]C(CC)C(F)(F)F.[Rf]. The van der Waals surface area contributed by atoms with Crippen LogP contribution in [0, 0.1) is 12.8 Å². The molecule has 0 aromatic rings. The average Bonchev–Trinajstić information content (AvgIpc) is 1.62. The van der Waals surface area contributed by atoms with Crippen LogP contribution in [-0.2, 0) is 0 Å². The molecule has 4 heteroatoms. The van der Waals surface area contributed by atoms with E-state index in [1.54, 1.807) is 0 Å². The quantitative estimate of drug-likeness (QED) is 0.602. The van der Waals surface area contributed by atoms with Crippen molar-refractivity contribution in [1.82, 2.24) is 0 Å². The summed E-state index contributed by atoms with van der Waals surface area (Å²) in [5, 5.41) is 0. The van der Waals surface area contributed by atoms with E-state index in [1.165, 1.54) is 6.92 Å². The second-order valence-corrected chi connectivity index (χ2v) is 1.65. The van der Waals surface area contributed by atoms with Gasteiger partial charge in [-0.3, -0.25) is 0 Å². The fraction of sp³-hybridized carbons (Fsp3) is 0.800. The molecule has 0 aromatic carbocycles. The predicted molar refractivity (Wildman–Crippen MR) is 25.2 cm³/mol. The van der Waals surface area contributed by atoms with Gasteiger partial charge in [0.25, 0.3) is 0 Å². The third-order valence-electron chi connectivity index (χ3n) is 0.956. The Morgan fingerprint density at radius 1 is 1.44 bits per heavy atom. The third-order valence-corrected chi connectivity index (χ3v) is 0.956. The number of alkyl halides is 3. The van der Waals surface area contributed by atoms with Crippen molar-refractivity contribution in [3.05, 3.63) is 6.92 Å². The number of hydrogen-bond acceptors (Lipinski definition) is 0. The monoisotopic (exact) mass is 392 g/mol. The van der Waals surface area contributed by atoms with Crippen molar-refractivity contribution in [1.29, 1.82) is 0 Å². The topological polar surface area (TPSA) is 0 Å². The van der Waals surface area contributed by atoms with Crippen molar-refractivity contribution in [2.45, 2.75) is 19.5 Å².